The smallest absolute Gasteiger partial charge is 0.356 e. The Morgan fingerprint density at radius 3 is 1.67 bits per heavy atom. The van der Waals surface area contributed by atoms with Crippen LogP contribution in [0, 0.1) is 23.7 Å². The number of nitrogens with zero attached hydrogens (tertiary/aromatic N) is 7. The molecule has 100 heavy (non-hydrogen) atoms. The monoisotopic (exact) mass is 1450 g/mol. The number of carbonyl (C=O) groups is 8. The summed E-state index contributed by atoms with van der Waals surface area (Å²) in [6.07, 6.45) is 8.28. The van der Waals surface area contributed by atoms with E-state index < -0.39 is 85.2 Å². The van der Waals surface area contributed by atoms with E-state index >= 15 is 0 Å². The van der Waals surface area contributed by atoms with E-state index in [1.807, 2.05) is 33.8 Å². The molecule has 4 amide bonds. The first-order valence-corrected chi connectivity index (χ1v) is 37.5. The summed E-state index contributed by atoms with van der Waals surface area (Å²) >= 11 is 0. The van der Waals surface area contributed by atoms with E-state index in [0.29, 0.717) is 118 Å². The molecule has 2 aliphatic heterocycles. The van der Waals surface area contributed by atoms with Gasteiger partial charge in [0.2, 0.25) is 23.6 Å². The fraction of sp³-hybridized carbons (Fsp3) is 0.676. The van der Waals surface area contributed by atoms with Crippen molar-refractivity contribution in [2.75, 3.05) is 126 Å². The molecule has 0 spiro atoms. The maximum atomic E-state index is 14.8. The molecule has 1 aromatic carbocycles. The van der Waals surface area contributed by atoms with Crippen LogP contribution in [0.25, 0.3) is 0 Å². The molecular weight excluding hydrogens is 1340 g/mol. The van der Waals surface area contributed by atoms with Crippen molar-refractivity contribution in [1.82, 2.24) is 40.0 Å². The lowest BCUT2D eigenvalue weighted by molar-refractivity contribution is -0.151. The van der Waals surface area contributed by atoms with Crippen molar-refractivity contribution in [1.29, 1.82) is 0 Å². The second kappa shape index (κ2) is 43.2. The Morgan fingerprint density at radius 2 is 1.20 bits per heavy atom. The number of Topliss-reactive ketones (excluding diaryl/α,β-unsaturated/α-hetero) is 2. The molecular formula is C68H104N8O22S2. The molecule has 4 heterocycles. The fourth-order valence-corrected chi connectivity index (χ4v) is 12.8. The average molecular weight is 1450 g/mol. The summed E-state index contributed by atoms with van der Waals surface area (Å²) in [5.41, 5.74) is -0.518. The number of aromatic carboxylic acids is 1. The lowest BCUT2D eigenvalue weighted by Crippen LogP contribution is -2.55. The second-order valence-electron chi connectivity index (χ2n) is 25.4. The van der Waals surface area contributed by atoms with Crippen LogP contribution >= 0.6 is 0 Å². The first-order chi connectivity index (χ1) is 47.4. The van der Waals surface area contributed by atoms with Gasteiger partial charge in [0.25, 0.3) is 0 Å². The zero-order chi connectivity index (χ0) is 74.2. The summed E-state index contributed by atoms with van der Waals surface area (Å²) in [6.45, 7) is 16.1. The van der Waals surface area contributed by atoms with Crippen LogP contribution in [-0.2, 0) is 92.8 Å². The minimum absolute atomic E-state index is 0.0654. The van der Waals surface area contributed by atoms with Gasteiger partial charge >= 0.3 is 11.9 Å². The van der Waals surface area contributed by atoms with E-state index in [2.05, 4.69) is 25.3 Å². The van der Waals surface area contributed by atoms with Crippen LogP contribution in [0.15, 0.2) is 65.2 Å². The summed E-state index contributed by atoms with van der Waals surface area (Å²) in [5, 5.41) is 20.7. The number of methoxy groups -OCH3 is 2. The third-order valence-electron chi connectivity index (χ3n) is 17.8. The van der Waals surface area contributed by atoms with Crippen LogP contribution < -0.4 is 5.32 Å². The summed E-state index contributed by atoms with van der Waals surface area (Å²) in [4.78, 5) is 125. The summed E-state index contributed by atoms with van der Waals surface area (Å²) in [7, 11) is -2.19. The van der Waals surface area contributed by atoms with Crippen molar-refractivity contribution in [3.05, 3.63) is 72.1 Å². The number of rotatable bonds is 46. The van der Waals surface area contributed by atoms with Gasteiger partial charge in [-0.15, -0.1) is 0 Å². The predicted molar refractivity (Wildman–Crippen MR) is 363 cm³/mol. The zero-order valence-corrected chi connectivity index (χ0v) is 61.2. The Labute approximate surface area is 587 Å². The number of aliphatic carboxylic acids is 1. The Morgan fingerprint density at radius 1 is 0.670 bits per heavy atom. The lowest BCUT2D eigenvalue weighted by atomic mass is 9.81. The molecule has 2 aromatic heterocycles. The van der Waals surface area contributed by atoms with E-state index in [1.165, 1.54) is 14.2 Å². The van der Waals surface area contributed by atoms with Gasteiger partial charge in [-0.25, -0.2) is 46.4 Å². The molecule has 9 atom stereocenters. The standard InChI is InChI=1S/C62H98N6O18S.C6H6N2O4S/c1-11-44(4)57(52(79-8)40-56(72)67-24-15-20-50(67)58(80-9)45(5)59(73)65-48(61(75)76)38-46-18-13-12-14-19-46)66(7)60(74)47(43(2)3)39-53(70)62(6)23-17-25-68(62)55(71)22-27-82-29-31-84-33-35-86-37-36-85-34-32-83-30-28-81-26-16-21-51(69)49-41-64-54(42-63-49)87(10,77)78;1-13(11,12)5-3-7-4(2-8-5)6(9)10/h12-14,18-19,41-45,47-48,50,52,57-58H,11,15-17,20-40H2,1-10H3,(H,65,73)(H,75,76);2-3H,1H3,(H,9,10)/t44-,45+,47-,48-,50-,52+,57-,58+,62-;/m0./s1. The molecule has 0 radical (unpaired) electrons. The molecule has 30 nitrogen and oxygen atoms in total. The third kappa shape index (κ3) is 27.5. The van der Waals surface area contributed by atoms with Gasteiger partial charge in [-0.05, 0) is 56.4 Å². The number of carboxylic acid groups (broad SMARTS) is 2. The topological polar surface area (TPSA) is 392 Å². The van der Waals surface area contributed by atoms with Crippen LogP contribution in [0.5, 0.6) is 0 Å². The molecule has 2 saturated heterocycles. The number of benzene rings is 1. The quantitative estimate of drug-likeness (QED) is 0.0525. The first-order valence-electron chi connectivity index (χ1n) is 33.7. The number of hydrogen-bond donors (Lipinski definition) is 3. The highest BCUT2D eigenvalue weighted by Crippen LogP contribution is 2.36. The van der Waals surface area contributed by atoms with Crippen LogP contribution in [0.1, 0.15) is 132 Å². The zero-order valence-electron chi connectivity index (χ0n) is 59.6. The molecule has 560 valence electrons. The van der Waals surface area contributed by atoms with Crippen molar-refractivity contribution < 1.29 is 103 Å². The number of ether oxygens (including phenoxy) is 8. The normalized spacial score (nSPS) is 17.7. The van der Waals surface area contributed by atoms with Crippen LogP contribution in [-0.4, -0.2) is 271 Å². The number of aromatic nitrogens is 4. The highest BCUT2D eigenvalue weighted by molar-refractivity contribution is 7.90. The van der Waals surface area contributed by atoms with Crippen LogP contribution in [0.2, 0.25) is 0 Å². The third-order valence-corrected chi connectivity index (χ3v) is 19.7. The summed E-state index contributed by atoms with van der Waals surface area (Å²) < 4.78 is 90.2. The minimum atomic E-state index is -3.49. The number of hydrogen-bond acceptors (Lipinski definition) is 24. The molecule has 0 saturated carbocycles. The van der Waals surface area contributed by atoms with Gasteiger partial charge < -0.3 is 68.1 Å². The fourth-order valence-electron chi connectivity index (χ4n) is 11.8. The maximum absolute atomic E-state index is 14.8. The molecule has 5 rings (SSSR count). The first kappa shape index (κ1) is 85.5. The molecule has 3 N–H and O–H groups in total. The molecule has 2 aliphatic rings. The van der Waals surface area contributed by atoms with Crippen molar-refractivity contribution in [2.24, 2.45) is 23.7 Å². The van der Waals surface area contributed by atoms with Gasteiger partial charge in [-0.1, -0.05) is 71.4 Å². The van der Waals surface area contributed by atoms with Crippen molar-refractivity contribution >= 4 is 66.8 Å². The van der Waals surface area contributed by atoms with Crippen LogP contribution in [0.4, 0.5) is 0 Å². The molecule has 32 heteroatoms. The number of nitrogens with one attached hydrogen (secondary N) is 1. The second-order valence-corrected chi connectivity index (χ2v) is 29.3. The number of sulfone groups is 2. The van der Waals surface area contributed by atoms with E-state index in [9.17, 15) is 60.3 Å². The number of carboxylic acids is 2. The number of likely N-dealkylation sites (tertiary alicyclic amines) is 2. The van der Waals surface area contributed by atoms with Gasteiger partial charge in [-0.2, -0.15) is 0 Å². The Kier molecular flexibility index (Phi) is 36.9. The Hall–Kier alpha value is -6.88. The number of likely N-dealkylation sites (N-methyl/N-ethyl adjacent to an activating group) is 1. The van der Waals surface area contributed by atoms with Gasteiger partial charge in [0, 0.05) is 78.7 Å². The summed E-state index contributed by atoms with van der Waals surface area (Å²) in [6, 6.07) is 6.86. The highest BCUT2D eigenvalue weighted by atomic mass is 32.2. The molecule has 2 fully saturated rings. The molecule has 0 bridgehead atoms. The molecule has 0 aliphatic carbocycles. The van der Waals surface area contributed by atoms with Gasteiger partial charge in [-0.3, -0.25) is 28.8 Å². The van der Waals surface area contributed by atoms with Crippen molar-refractivity contribution in [2.45, 2.75) is 158 Å². The van der Waals surface area contributed by atoms with E-state index in [0.717, 1.165) is 42.9 Å². The van der Waals surface area contributed by atoms with Gasteiger partial charge in [0.05, 0.1) is 146 Å². The summed E-state index contributed by atoms with van der Waals surface area (Å²) in [5.74, 6) is -5.89. The predicted octanol–water partition coefficient (Wildman–Crippen LogP) is 4.26. The number of ketones is 2. The Balaban J connectivity index is 0.00000146. The van der Waals surface area contributed by atoms with Crippen molar-refractivity contribution in [3.8, 4) is 0 Å². The van der Waals surface area contributed by atoms with E-state index in [4.69, 9.17) is 43.0 Å². The SMILES string of the molecule is CC[C@H](C)[C@@H]([C@@H](CC(=O)N1CCC[C@H]1[C@H](OC)[C@@H](C)C(=O)N[C@@H](Cc1ccccc1)C(=O)O)OC)N(C)C(=O)[C@@H](CC(=O)[C@]1(C)CCCN1C(=O)CCOCCOCCOCCOCCOCCOCCCC(=O)c1cnc(S(C)(=O)=O)cn1)C(C)C.CS(=O)(=O)c1cnc(C(=O)O)cn1. The maximum Gasteiger partial charge on any atom is 0.356 e. The van der Waals surface area contributed by atoms with Gasteiger partial charge in [0.1, 0.15) is 11.7 Å². The minimum Gasteiger partial charge on any atom is -0.480 e. The van der Waals surface area contributed by atoms with Gasteiger partial charge in [0.15, 0.2) is 47.0 Å². The van der Waals surface area contributed by atoms with Crippen LogP contribution in [0.3, 0.4) is 0 Å². The number of carbonyl (C=O) groups excluding carboxylic acids is 6. The van der Waals surface area contributed by atoms with E-state index in [-0.39, 0.29) is 108 Å². The van der Waals surface area contributed by atoms with E-state index in [1.54, 1.807) is 59.9 Å². The largest absolute Gasteiger partial charge is 0.480 e. The number of amides is 4. The van der Waals surface area contributed by atoms with Crippen molar-refractivity contribution in [3.63, 3.8) is 0 Å². The molecule has 3 aromatic rings. The average Bonchev–Trinajstić information content (AvgIpc) is 1.65. The molecule has 0 unspecified atom stereocenters. The Bertz CT molecular complexity index is 3300. The lowest BCUT2D eigenvalue weighted by Gasteiger charge is -2.41. The highest BCUT2D eigenvalue weighted by Gasteiger charge is 2.48.